The van der Waals surface area contributed by atoms with E-state index < -0.39 is 41.4 Å². The van der Waals surface area contributed by atoms with Gasteiger partial charge >= 0.3 is 17.8 Å². The Hall–Kier alpha value is -2.13. The monoisotopic (exact) mass is 253 g/mol. The Morgan fingerprint density at radius 2 is 2.18 bits per heavy atom. The molecule has 0 radical (unpaired) electrons. The number of aryl methyl sites for hydroxylation is 1. The molecule has 0 bridgehead atoms. The predicted octanol–water partition coefficient (Wildman–Crippen LogP) is 1.44. The van der Waals surface area contributed by atoms with Gasteiger partial charge in [0.2, 0.25) is 5.69 Å². The van der Waals surface area contributed by atoms with Crippen LogP contribution in [0.3, 0.4) is 0 Å². The van der Waals surface area contributed by atoms with Gasteiger partial charge in [-0.3, -0.25) is 14.8 Å². The third-order valence-electron chi connectivity index (χ3n) is 1.83. The van der Waals surface area contributed by atoms with Crippen LogP contribution in [0.4, 0.5) is 18.9 Å². The summed E-state index contributed by atoms with van der Waals surface area (Å²) in [5, 5.41) is 22.3. The molecule has 0 aliphatic heterocycles. The van der Waals surface area contributed by atoms with Crippen LogP contribution in [0.15, 0.2) is 6.20 Å². The largest absolute Gasteiger partial charge is 0.476 e. The number of nitrogens with zero attached hydrogens (tertiary/aromatic N) is 3. The maximum absolute atomic E-state index is 11.9. The molecule has 10 heteroatoms. The minimum absolute atomic E-state index is 0.452. The van der Waals surface area contributed by atoms with Gasteiger partial charge in [0.1, 0.15) is 6.20 Å². The van der Waals surface area contributed by atoms with Gasteiger partial charge in [-0.25, -0.2) is 4.79 Å². The summed E-state index contributed by atoms with van der Waals surface area (Å²) >= 11 is 0. The Morgan fingerprint density at radius 1 is 1.59 bits per heavy atom. The molecule has 0 atom stereocenters. The summed E-state index contributed by atoms with van der Waals surface area (Å²) in [5.41, 5.74) is -1.70. The van der Waals surface area contributed by atoms with Crippen molar-refractivity contribution < 1.29 is 28.0 Å². The van der Waals surface area contributed by atoms with E-state index in [-0.39, 0.29) is 0 Å². The summed E-state index contributed by atoms with van der Waals surface area (Å²) in [4.78, 5) is 20.1. The highest BCUT2D eigenvalue weighted by Crippen LogP contribution is 2.23. The lowest BCUT2D eigenvalue weighted by Gasteiger charge is -2.06. The number of alkyl halides is 3. The van der Waals surface area contributed by atoms with Crippen LogP contribution in [0.2, 0.25) is 0 Å². The minimum atomic E-state index is -4.49. The van der Waals surface area contributed by atoms with Crippen LogP contribution < -0.4 is 0 Å². The summed E-state index contributed by atoms with van der Waals surface area (Å²) in [6, 6.07) is 0. The number of aromatic nitrogens is 2. The average molecular weight is 253 g/mol. The Bertz CT molecular complexity index is 454. The van der Waals surface area contributed by atoms with Gasteiger partial charge in [-0.1, -0.05) is 0 Å². The highest BCUT2D eigenvalue weighted by atomic mass is 19.4. The molecule has 1 aromatic heterocycles. The molecular formula is C7H6F3N3O4. The first-order chi connectivity index (χ1) is 7.72. The van der Waals surface area contributed by atoms with Gasteiger partial charge in [-0.15, -0.1) is 0 Å². The number of rotatable bonds is 4. The lowest BCUT2D eigenvalue weighted by molar-refractivity contribution is -0.385. The number of nitro groups is 1. The molecule has 0 fully saturated rings. The number of aromatic carboxylic acids is 1. The van der Waals surface area contributed by atoms with Crippen molar-refractivity contribution in [2.45, 2.75) is 19.1 Å². The van der Waals surface area contributed by atoms with Crippen molar-refractivity contribution in [1.29, 1.82) is 0 Å². The van der Waals surface area contributed by atoms with E-state index in [1.807, 2.05) is 0 Å². The quantitative estimate of drug-likeness (QED) is 0.646. The second kappa shape index (κ2) is 4.39. The Kier molecular flexibility index (Phi) is 3.34. The molecular weight excluding hydrogens is 247 g/mol. The van der Waals surface area contributed by atoms with Crippen LogP contribution in [0.5, 0.6) is 0 Å². The second-order valence-electron chi connectivity index (χ2n) is 3.03. The van der Waals surface area contributed by atoms with Crippen molar-refractivity contribution >= 4 is 11.7 Å². The molecule has 0 unspecified atom stereocenters. The van der Waals surface area contributed by atoms with Gasteiger partial charge in [0.05, 0.1) is 17.9 Å². The molecule has 7 nitrogen and oxygen atoms in total. The Morgan fingerprint density at radius 3 is 2.59 bits per heavy atom. The van der Waals surface area contributed by atoms with Crippen molar-refractivity contribution in [1.82, 2.24) is 9.78 Å². The van der Waals surface area contributed by atoms with Crippen LogP contribution in [0.25, 0.3) is 0 Å². The molecule has 0 saturated heterocycles. The zero-order valence-corrected chi connectivity index (χ0v) is 8.14. The molecule has 1 N–H and O–H groups in total. The Labute approximate surface area is 91.6 Å². The average Bonchev–Trinajstić information content (AvgIpc) is 2.56. The number of carboxylic acids is 1. The summed E-state index contributed by atoms with van der Waals surface area (Å²) in [6.07, 6.45) is -5.19. The molecule has 94 valence electrons. The number of hydrogen-bond donors (Lipinski definition) is 1. The molecule has 0 amide bonds. The van der Waals surface area contributed by atoms with E-state index in [9.17, 15) is 28.1 Å². The number of hydrogen-bond acceptors (Lipinski definition) is 4. The fraction of sp³-hybridized carbons (Fsp3) is 0.429. The van der Waals surface area contributed by atoms with Crippen LogP contribution in [-0.2, 0) is 6.54 Å². The molecule has 17 heavy (non-hydrogen) atoms. The number of carboxylic acid groups (broad SMARTS) is 1. The number of carbonyl (C=O) groups is 1. The van der Waals surface area contributed by atoms with E-state index in [1.54, 1.807) is 0 Å². The van der Waals surface area contributed by atoms with Crippen LogP contribution in [0, 0.1) is 10.1 Å². The maximum Gasteiger partial charge on any atom is 0.390 e. The highest BCUT2D eigenvalue weighted by molar-refractivity contribution is 5.90. The van der Waals surface area contributed by atoms with Gasteiger partial charge in [0, 0.05) is 0 Å². The predicted molar refractivity (Wildman–Crippen MR) is 46.5 cm³/mol. The van der Waals surface area contributed by atoms with Crippen LogP contribution >= 0.6 is 0 Å². The standard InChI is InChI=1S/C7H6F3N3O4/c8-7(9,10)1-2-12-5(6(14)15)4(3-11-12)13(16)17/h3H,1-2H2,(H,14,15). The van der Waals surface area contributed by atoms with Crippen LogP contribution in [-0.4, -0.2) is 32.0 Å². The van der Waals surface area contributed by atoms with Crippen molar-refractivity contribution in [3.8, 4) is 0 Å². The van der Waals surface area contributed by atoms with Crippen molar-refractivity contribution in [2.75, 3.05) is 0 Å². The molecule has 0 aliphatic rings. The summed E-state index contributed by atoms with van der Waals surface area (Å²) < 4.78 is 36.2. The van der Waals surface area contributed by atoms with E-state index in [4.69, 9.17) is 5.11 Å². The van der Waals surface area contributed by atoms with Gasteiger partial charge in [0.15, 0.2) is 0 Å². The summed E-state index contributed by atoms with van der Waals surface area (Å²) in [5.74, 6) is -1.70. The first kappa shape index (κ1) is 12.9. The van der Waals surface area contributed by atoms with Crippen molar-refractivity contribution in [3.05, 3.63) is 22.0 Å². The van der Waals surface area contributed by atoms with Gasteiger partial charge < -0.3 is 5.11 Å². The molecule has 0 spiro atoms. The van der Waals surface area contributed by atoms with E-state index in [1.165, 1.54) is 0 Å². The van der Waals surface area contributed by atoms with Gasteiger partial charge in [-0.05, 0) is 0 Å². The van der Waals surface area contributed by atoms with Gasteiger partial charge in [0.25, 0.3) is 0 Å². The fourth-order valence-corrected chi connectivity index (χ4v) is 1.13. The van der Waals surface area contributed by atoms with Gasteiger partial charge in [-0.2, -0.15) is 18.3 Å². The molecule has 0 aliphatic carbocycles. The zero-order valence-electron chi connectivity index (χ0n) is 8.14. The molecule has 1 aromatic rings. The molecule has 1 heterocycles. The van der Waals surface area contributed by atoms with E-state index in [2.05, 4.69) is 5.10 Å². The van der Waals surface area contributed by atoms with Crippen molar-refractivity contribution in [2.24, 2.45) is 0 Å². The summed E-state index contributed by atoms with van der Waals surface area (Å²) in [6.45, 7) is -0.779. The third-order valence-corrected chi connectivity index (χ3v) is 1.83. The van der Waals surface area contributed by atoms with E-state index >= 15 is 0 Å². The smallest absolute Gasteiger partial charge is 0.390 e. The lowest BCUT2D eigenvalue weighted by atomic mass is 10.3. The van der Waals surface area contributed by atoms with E-state index in [0.29, 0.717) is 10.9 Å². The first-order valence-corrected chi connectivity index (χ1v) is 4.22. The van der Waals surface area contributed by atoms with Crippen LogP contribution in [0.1, 0.15) is 16.9 Å². The highest BCUT2D eigenvalue weighted by Gasteiger charge is 2.31. The zero-order chi connectivity index (χ0) is 13.2. The second-order valence-corrected chi connectivity index (χ2v) is 3.03. The topological polar surface area (TPSA) is 98.3 Å². The molecule has 0 saturated carbocycles. The Balaban J connectivity index is 3.01. The SMILES string of the molecule is O=C(O)c1c([N+](=O)[O-])cnn1CCC(F)(F)F. The summed E-state index contributed by atoms with van der Waals surface area (Å²) in [7, 11) is 0. The number of halogens is 3. The van der Waals surface area contributed by atoms with Crippen molar-refractivity contribution in [3.63, 3.8) is 0 Å². The maximum atomic E-state index is 11.9. The normalized spacial score (nSPS) is 11.5. The minimum Gasteiger partial charge on any atom is -0.476 e. The molecule has 1 rings (SSSR count). The third kappa shape index (κ3) is 3.16. The fourth-order valence-electron chi connectivity index (χ4n) is 1.13. The first-order valence-electron chi connectivity index (χ1n) is 4.22. The van der Waals surface area contributed by atoms with E-state index in [0.717, 1.165) is 0 Å². The molecule has 0 aromatic carbocycles. The lowest BCUT2D eigenvalue weighted by Crippen LogP contribution is -2.17.